The Morgan fingerprint density at radius 3 is 2.33 bits per heavy atom. The number of hydrogen-bond donors (Lipinski definition) is 1. The van der Waals surface area contributed by atoms with E-state index in [0.717, 1.165) is 58.1 Å². The third kappa shape index (κ3) is 5.01. The molecule has 3 aliphatic rings. The van der Waals surface area contributed by atoms with Gasteiger partial charge in [-0.2, -0.15) is 13.2 Å². The Morgan fingerprint density at radius 2 is 1.69 bits per heavy atom. The van der Waals surface area contributed by atoms with Crippen molar-refractivity contribution in [1.82, 2.24) is 15.1 Å². The van der Waals surface area contributed by atoms with Crippen LogP contribution in [0, 0.1) is 30.5 Å². The zero-order chi connectivity index (χ0) is 25.7. The van der Waals surface area contributed by atoms with E-state index in [-0.39, 0.29) is 22.9 Å². The summed E-state index contributed by atoms with van der Waals surface area (Å²) in [5.74, 6) is 0.740. The molecule has 2 aliphatic heterocycles. The molecule has 0 amide bonds. The maximum absolute atomic E-state index is 14.0. The van der Waals surface area contributed by atoms with Crippen LogP contribution in [0.25, 0.3) is 11.3 Å². The molecule has 5 nitrogen and oxygen atoms in total. The highest BCUT2D eigenvalue weighted by molar-refractivity contribution is 6.40. The molecule has 2 aromatic rings. The Balaban J connectivity index is 1.29. The SMILES string of the molecule is BC(B)(C1CCOCC1)N1C[C@H]2C[C@H](Nc3nnc(-c4cc(F)ccc4C)cc3C(F)(F)F)C[C@H]2C1. The summed E-state index contributed by atoms with van der Waals surface area (Å²) in [7, 11) is 4.65. The third-order valence-corrected chi connectivity index (χ3v) is 8.70. The molecule has 3 atom stereocenters. The number of alkyl halides is 3. The van der Waals surface area contributed by atoms with Gasteiger partial charge in [0.05, 0.1) is 5.69 Å². The molecule has 1 aromatic heterocycles. The van der Waals surface area contributed by atoms with Crippen LogP contribution in [-0.2, 0) is 10.9 Å². The minimum atomic E-state index is -4.60. The molecule has 0 bridgehead atoms. The number of hydrogen-bond acceptors (Lipinski definition) is 5. The van der Waals surface area contributed by atoms with Crippen LogP contribution >= 0.6 is 0 Å². The fourth-order valence-corrected chi connectivity index (χ4v) is 6.46. The van der Waals surface area contributed by atoms with E-state index in [2.05, 4.69) is 36.1 Å². The first kappa shape index (κ1) is 25.5. The normalized spacial score (nSPS) is 25.8. The lowest BCUT2D eigenvalue weighted by atomic mass is 9.52. The Labute approximate surface area is 211 Å². The van der Waals surface area contributed by atoms with Gasteiger partial charge in [-0.3, -0.25) is 0 Å². The maximum atomic E-state index is 14.0. The highest BCUT2D eigenvalue weighted by Gasteiger charge is 2.47. The minimum Gasteiger partial charge on any atom is -0.381 e. The third-order valence-electron chi connectivity index (χ3n) is 8.70. The highest BCUT2D eigenvalue weighted by atomic mass is 19.4. The first-order valence-corrected chi connectivity index (χ1v) is 12.8. The molecular formula is C25H32B2F4N4O. The second-order valence-electron chi connectivity index (χ2n) is 11.2. The van der Waals surface area contributed by atoms with Crippen molar-refractivity contribution in [3.8, 4) is 11.3 Å². The maximum Gasteiger partial charge on any atom is 0.420 e. The molecule has 3 fully saturated rings. The van der Waals surface area contributed by atoms with E-state index in [4.69, 9.17) is 4.74 Å². The number of likely N-dealkylation sites (tertiary alicyclic amines) is 1. The molecule has 1 saturated carbocycles. The van der Waals surface area contributed by atoms with Crippen LogP contribution in [0.2, 0.25) is 0 Å². The van der Waals surface area contributed by atoms with E-state index in [1.165, 1.54) is 18.2 Å². The van der Waals surface area contributed by atoms with Crippen LogP contribution in [0.1, 0.15) is 36.8 Å². The van der Waals surface area contributed by atoms with E-state index >= 15 is 0 Å². The number of ether oxygens (including phenoxy) is 1. The Kier molecular flexibility index (Phi) is 6.83. The van der Waals surface area contributed by atoms with Crippen molar-refractivity contribution in [3.63, 3.8) is 0 Å². The van der Waals surface area contributed by atoms with Crippen molar-refractivity contribution in [2.75, 3.05) is 31.6 Å². The molecule has 2 saturated heterocycles. The van der Waals surface area contributed by atoms with Crippen molar-refractivity contribution >= 4 is 21.5 Å². The summed E-state index contributed by atoms with van der Waals surface area (Å²) >= 11 is 0. The van der Waals surface area contributed by atoms with E-state index in [9.17, 15) is 17.6 Å². The number of aromatic nitrogens is 2. The largest absolute Gasteiger partial charge is 0.420 e. The minimum absolute atomic E-state index is 0.0131. The predicted molar refractivity (Wildman–Crippen MR) is 136 cm³/mol. The quantitative estimate of drug-likeness (QED) is 0.504. The molecular weight excluding hydrogens is 470 g/mol. The van der Waals surface area contributed by atoms with Crippen molar-refractivity contribution in [3.05, 3.63) is 41.2 Å². The van der Waals surface area contributed by atoms with Crippen LogP contribution in [0.5, 0.6) is 0 Å². The fraction of sp³-hybridized carbons (Fsp3) is 0.600. The lowest BCUT2D eigenvalue weighted by Gasteiger charge is -2.45. The van der Waals surface area contributed by atoms with Crippen LogP contribution in [0.3, 0.4) is 0 Å². The molecule has 3 heterocycles. The second-order valence-corrected chi connectivity index (χ2v) is 11.2. The molecule has 1 aliphatic carbocycles. The van der Waals surface area contributed by atoms with Crippen LogP contribution < -0.4 is 5.32 Å². The monoisotopic (exact) mass is 502 g/mol. The van der Waals surface area contributed by atoms with E-state index < -0.39 is 17.6 Å². The average Bonchev–Trinajstić information content (AvgIpc) is 3.40. The van der Waals surface area contributed by atoms with Crippen LogP contribution in [-0.4, -0.2) is 68.5 Å². The van der Waals surface area contributed by atoms with Gasteiger partial charge in [-0.05, 0) is 79.5 Å². The molecule has 1 aromatic carbocycles. The fourth-order valence-electron chi connectivity index (χ4n) is 6.46. The van der Waals surface area contributed by atoms with Crippen molar-refractivity contribution in [2.45, 2.75) is 50.2 Å². The summed E-state index contributed by atoms with van der Waals surface area (Å²) in [6.45, 7) is 5.30. The van der Waals surface area contributed by atoms with Crippen molar-refractivity contribution in [1.29, 1.82) is 0 Å². The predicted octanol–water partition coefficient (Wildman–Crippen LogP) is 3.08. The number of nitrogens with one attached hydrogen (secondary N) is 1. The zero-order valence-electron chi connectivity index (χ0n) is 21.0. The number of rotatable bonds is 5. The van der Waals surface area contributed by atoms with Gasteiger partial charge in [-0.15, -0.1) is 10.2 Å². The number of nitrogens with zero attached hydrogens (tertiary/aromatic N) is 3. The van der Waals surface area contributed by atoms with E-state index in [1.807, 2.05) is 0 Å². The van der Waals surface area contributed by atoms with Gasteiger partial charge in [0.1, 0.15) is 27.1 Å². The summed E-state index contributed by atoms with van der Waals surface area (Å²) in [4.78, 5) is 2.59. The molecule has 11 heteroatoms. The van der Waals surface area contributed by atoms with Gasteiger partial charge in [-0.1, -0.05) is 6.07 Å². The summed E-state index contributed by atoms with van der Waals surface area (Å²) in [5, 5.41) is 11.1. The average molecular weight is 502 g/mol. The molecule has 192 valence electrons. The van der Waals surface area contributed by atoms with Gasteiger partial charge in [0.25, 0.3) is 0 Å². The number of anilines is 1. The van der Waals surface area contributed by atoms with Gasteiger partial charge in [0.15, 0.2) is 5.82 Å². The zero-order valence-corrected chi connectivity index (χ0v) is 21.0. The number of benzene rings is 1. The highest BCUT2D eigenvalue weighted by Crippen LogP contribution is 2.44. The Morgan fingerprint density at radius 1 is 1.03 bits per heavy atom. The molecule has 0 unspecified atom stereocenters. The first-order valence-electron chi connectivity index (χ1n) is 12.8. The molecule has 1 N–H and O–H groups in total. The number of aryl methyl sites for hydroxylation is 1. The summed E-state index contributed by atoms with van der Waals surface area (Å²) in [6, 6.07) is 4.89. The first-order chi connectivity index (χ1) is 17.0. The Bertz CT molecular complexity index is 1100. The topological polar surface area (TPSA) is 50.3 Å². The molecule has 5 rings (SSSR count). The van der Waals surface area contributed by atoms with Gasteiger partial charge in [-0.25, -0.2) is 4.39 Å². The smallest absolute Gasteiger partial charge is 0.381 e. The van der Waals surface area contributed by atoms with Crippen molar-refractivity contribution < 1.29 is 22.3 Å². The molecule has 0 spiro atoms. The lowest BCUT2D eigenvalue weighted by molar-refractivity contribution is -0.137. The van der Waals surface area contributed by atoms with E-state index in [0.29, 0.717) is 28.9 Å². The van der Waals surface area contributed by atoms with Crippen LogP contribution in [0.15, 0.2) is 24.3 Å². The number of halogens is 4. The summed E-state index contributed by atoms with van der Waals surface area (Å²) in [6.07, 6.45) is -0.823. The van der Waals surface area contributed by atoms with Gasteiger partial charge in [0.2, 0.25) is 0 Å². The standard InChI is InChI=1S/C25H32B2F4N4O/c1-14-2-3-18(28)10-20(14)22-11-21(25(29,30)31)23(34-33-22)32-19-8-15-12-35(13-16(15)9-19)24(26,27)17-4-6-36-7-5-17/h2-3,10-11,15-17,19H,4-9,12-13,26-27H2,1H3,(H,32,34)/t15-,16+,19+. The van der Waals surface area contributed by atoms with Gasteiger partial charge < -0.3 is 15.0 Å². The van der Waals surface area contributed by atoms with Gasteiger partial charge >= 0.3 is 6.18 Å². The molecule has 36 heavy (non-hydrogen) atoms. The summed E-state index contributed by atoms with van der Waals surface area (Å²) in [5.41, 5.74) is 0.0909. The second kappa shape index (κ2) is 9.63. The summed E-state index contributed by atoms with van der Waals surface area (Å²) < 4.78 is 61.3. The Hall–Kier alpha value is -2.13. The molecule has 0 radical (unpaired) electrons. The van der Waals surface area contributed by atoms with Crippen LogP contribution in [0.4, 0.5) is 23.4 Å². The van der Waals surface area contributed by atoms with E-state index in [1.54, 1.807) is 6.92 Å². The van der Waals surface area contributed by atoms with Gasteiger partial charge in [0, 0.05) is 37.9 Å². The number of fused-ring (bicyclic) bond motifs is 1. The van der Waals surface area contributed by atoms with Crippen molar-refractivity contribution in [2.24, 2.45) is 17.8 Å². The lowest BCUT2D eigenvalue weighted by Crippen LogP contribution is -2.56.